The Morgan fingerprint density at radius 2 is 1.93 bits per heavy atom. The Bertz CT molecular complexity index is 1200. The van der Waals surface area contributed by atoms with Crippen LogP contribution in [0.25, 0.3) is 21.8 Å². The standard InChI is InChI=1S/C22H24N6OS/c1-14(2)25-19-18-13-24-28(20(18)27-22(26-19)30-3)11-10-23-21(29)17-9-8-15-6-4-5-7-16(15)12-17/h4-9,12-14H,10-11H2,1-3H3,(H,23,29)(H,25,26,27). The highest BCUT2D eigenvalue weighted by atomic mass is 32.2. The second-order valence-corrected chi connectivity index (χ2v) is 8.05. The second kappa shape index (κ2) is 8.71. The maximum atomic E-state index is 12.6. The van der Waals surface area contributed by atoms with Crippen molar-refractivity contribution in [1.82, 2.24) is 25.1 Å². The van der Waals surface area contributed by atoms with E-state index < -0.39 is 0 Å². The first-order valence-corrected chi connectivity index (χ1v) is 11.1. The van der Waals surface area contributed by atoms with E-state index in [-0.39, 0.29) is 11.9 Å². The van der Waals surface area contributed by atoms with Crippen molar-refractivity contribution in [2.75, 3.05) is 18.1 Å². The summed E-state index contributed by atoms with van der Waals surface area (Å²) < 4.78 is 1.81. The van der Waals surface area contributed by atoms with Crippen molar-refractivity contribution in [3.63, 3.8) is 0 Å². The lowest BCUT2D eigenvalue weighted by Gasteiger charge is -2.11. The van der Waals surface area contributed by atoms with Gasteiger partial charge in [-0.2, -0.15) is 5.10 Å². The molecule has 4 aromatic rings. The molecule has 0 unspecified atom stereocenters. The van der Waals surface area contributed by atoms with Crippen molar-refractivity contribution in [2.45, 2.75) is 31.6 Å². The Labute approximate surface area is 179 Å². The van der Waals surface area contributed by atoms with Gasteiger partial charge in [0.05, 0.1) is 18.1 Å². The summed E-state index contributed by atoms with van der Waals surface area (Å²) in [4.78, 5) is 21.8. The topological polar surface area (TPSA) is 84.7 Å². The summed E-state index contributed by atoms with van der Waals surface area (Å²) in [7, 11) is 0. The van der Waals surface area contributed by atoms with Crippen LogP contribution in [0, 0.1) is 0 Å². The number of thioether (sulfide) groups is 1. The highest BCUT2D eigenvalue weighted by molar-refractivity contribution is 7.98. The fourth-order valence-electron chi connectivity index (χ4n) is 3.28. The zero-order valence-corrected chi connectivity index (χ0v) is 18.0. The monoisotopic (exact) mass is 420 g/mol. The molecule has 0 atom stereocenters. The third-order valence-electron chi connectivity index (χ3n) is 4.70. The molecule has 7 nitrogen and oxygen atoms in total. The number of nitrogens with zero attached hydrogens (tertiary/aromatic N) is 4. The van der Waals surface area contributed by atoms with Gasteiger partial charge in [0.1, 0.15) is 5.82 Å². The number of hydrogen-bond acceptors (Lipinski definition) is 6. The Morgan fingerprint density at radius 1 is 1.13 bits per heavy atom. The van der Waals surface area contributed by atoms with E-state index >= 15 is 0 Å². The number of rotatable bonds is 7. The molecule has 0 bridgehead atoms. The summed E-state index contributed by atoms with van der Waals surface area (Å²) in [6.07, 6.45) is 3.72. The van der Waals surface area contributed by atoms with Gasteiger partial charge in [0.25, 0.3) is 5.91 Å². The summed E-state index contributed by atoms with van der Waals surface area (Å²) in [6.45, 7) is 5.11. The summed E-state index contributed by atoms with van der Waals surface area (Å²) in [5.74, 6) is 0.685. The van der Waals surface area contributed by atoms with Crippen molar-refractivity contribution in [1.29, 1.82) is 0 Å². The maximum absolute atomic E-state index is 12.6. The zero-order valence-electron chi connectivity index (χ0n) is 17.2. The molecule has 0 saturated heterocycles. The predicted octanol–water partition coefficient (Wildman–Crippen LogP) is 3.95. The molecule has 0 radical (unpaired) electrons. The second-order valence-electron chi connectivity index (χ2n) is 7.28. The lowest BCUT2D eigenvalue weighted by Crippen LogP contribution is -2.27. The molecule has 0 aliphatic heterocycles. The van der Waals surface area contributed by atoms with Gasteiger partial charge in [-0.25, -0.2) is 14.6 Å². The third-order valence-corrected chi connectivity index (χ3v) is 5.25. The van der Waals surface area contributed by atoms with Gasteiger partial charge < -0.3 is 10.6 Å². The minimum atomic E-state index is -0.0983. The van der Waals surface area contributed by atoms with Crippen LogP contribution in [-0.4, -0.2) is 44.5 Å². The zero-order chi connectivity index (χ0) is 21.1. The molecule has 154 valence electrons. The van der Waals surface area contributed by atoms with Gasteiger partial charge in [-0.3, -0.25) is 4.79 Å². The van der Waals surface area contributed by atoms with E-state index in [1.807, 2.05) is 53.4 Å². The molecule has 0 aliphatic carbocycles. The molecule has 2 heterocycles. The lowest BCUT2D eigenvalue weighted by molar-refractivity contribution is 0.0952. The lowest BCUT2D eigenvalue weighted by atomic mass is 10.1. The first-order valence-electron chi connectivity index (χ1n) is 9.86. The highest BCUT2D eigenvalue weighted by Crippen LogP contribution is 2.24. The number of carbonyl (C=O) groups is 1. The SMILES string of the molecule is CSc1nc(NC(C)C)c2cnn(CCNC(=O)c3ccc4ccccc4c3)c2n1. The van der Waals surface area contributed by atoms with Crippen molar-refractivity contribution in [2.24, 2.45) is 0 Å². The van der Waals surface area contributed by atoms with E-state index in [9.17, 15) is 4.79 Å². The predicted molar refractivity (Wildman–Crippen MR) is 122 cm³/mol. The number of aromatic nitrogens is 4. The Kier molecular flexibility index (Phi) is 5.85. The van der Waals surface area contributed by atoms with Crippen LogP contribution in [0.4, 0.5) is 5.82 Å². The molecule has 0 fully saturated rings. The van der Waals surface area contributed by atoms with Crippen molar-refractivity contribution in [3.05, 3.63) is 54.2 Å². The van der Waals surface area contributed by atoms with Crippen molar-refractivity contribution >= 4 is 45.3 Å². The Hall–Kier alpha value is -3.13. The average Bonchev–Trinajstić information content (AvgIpc) is 3.16. The van der Waals surface area contributed by atoms with Gasteiger partial charge in [0.2, 0.25) is 0 Å². The molecular formula is C22H24N6OS. The smallest absolute Gasteiger partial charge is 0.251 e. The molecule has 0 saturated carbocycles. The van der Waals surface area contributed by atoms with E-state index in [1.165, 1.54) is 11.8 Å². The molecule has 0 aliphatic rings. The van der Waals surface area contributed by atoms with Crippen LogP contribution < -0.4 is 10.6 Å². The molecule has 8 heteroatoms. The maximum Gasteiger partial charge on any atom is 0.251 e. The van der Waals surface area contributed by atoms with E-state index in [2.05, 4.69) is 39.5 Å². The quantitative estimate of drug-likeness (QED) is 0.348. The summed E-state index contributed by atoms with van der Waals surface area (Å²) in [5, 5.41) is 14.5. The van der Waals surface area contributed by atoms with Gasteiger partial charge >= 0.3 is 0 Å². The minimum Gasteiger partial charge on any atom is -0.367 e. The van der Waals surface area contributed by atoms with Crippen molar-refractivity contribution < 1.29 is 4.79 Å². The van der Waals surface area contributed by atoms with Gasteiger partial charge in [0.15, 0.2) is 10.8 Å². The molecule has 1 amide bonds. The number of hydrogen-bond donors (Lipinski definition) is 2. The molecule has 2 N–H and O–H groups in total. The minimum absolute atomic E-state index is 0.0983. The number of anilines is 1. The average molecular weight is 421 g/mol. The number of carbonyl (C=O) groups excluding carboxylic acids is 1. The first-order chi connectivity index (χ1) is 14.5. The summed E-state index contributed by atoms with van der Waals surface area (Å²) in [5.41, 5.74) is 1.41. The normalized spacial score (nSPS) is 11.3. The van der Waals surface area contributed by atoms with Gasteiger partial charge in [-0.05, 0) is 43.0 Å². The van der Waals surface area contributed by atoms with E-state index in [1.54, 1.807) is 6.20 Å². The van der Waals surface area contributed by atoms with Gasteiger partial charge in [-0.1, -0.05) is 42.1 Å². The van der Waals surface area contributed by atoms with Crippen LogP contribution in [-0.2, 0) is 6.54 Å². The number of fused-ring (bicyclic) bond motifs is 2. The van der Waals surface area contributed by atoms with Crippen LogP contribution in [0.1, 0.15) is 24.2 Å². The van der Waals surface area contributed by atoms with Gasteiger partial charge in [0, 0.05) is 18.2 Å². The summed E-state index contributed by atoms with van der Waals surface area (Å²) >= 11 is 1.49. The third kappa shape index (κ3) is 4.23. The number of nitrogens with one attached hydrogen (secondary N) is 2. The molecule has 30 heavy (non-hydrogen) atoms. The molecule has 0 spiro atoms. The summed E-state index contributed by atoms with van der Waals surface area (Å²) in [6, 6.07) is 14.0. The highest BCUT2D eigenvalue weighted by Gasteiger charge is 2.14. The van der Waals surface area contributed by atoms with Crippen molar-refractivity contribution in [3.8, 4) is 0 Å². The fraction of sp³-hybridized carbons (Fsp3) is 0.273. The van der Waals surface area contributed by atoms with Gasteiger partial charge in [-0.15, -0.1) is 0 Å². The number of amides is 1. The fourth-order valence-corrected chi connectivity index (χ4v) is 3.64. The van der Waals surface area contributed by atoms with Crippen LogP contribution in [0.5, 0.6) is 0 Å². The molecular weight excluding hydrogens is 396 g/mol. The first kappa shape index (κ1) is 20.2. The van der Waals surface area contributed by atoms with Crippen LogP contribution in [0.3, 0.4) is 0 Å². The Balaban J connectivity index is 1.48. The van der Waals surface area contributed by atoms with E-state index in [0.717, 1.165) is 27.6 Å². The molecule has 2 aromatic carbocycles. The molecule has 2 aromatic heterocycles. The van der Waals surface area contributed by atoms with Crippen LogP contribution in [0.2, 0.25) is 0 Å². The van der Waals surface area contributed by atoms with Crippen LogP contribution in [0.15, 0.2) is 53.8 Å². The number of benzene rings is 2. The van der Waals surface area contributed by atoms with Crippen LogP contribution >= 0.6 is 11.8 Å². The molecule has 4 rings (SSSR count). The van der Waals surface area contributed by atoms with E-state index in [4.69, 9.17) is 0 Å². The van der Waals surface area contributed by atoms with E-state index in [0.29, 0.717) is 23.8 Å². The Morgan fingerprint density at radius 3 is 2.70 bits per heavy atom. The largest absolute Gasteiger partial charge is 0.367 e.